The van der Waals surface area contributed by atoms with Gasteiger partial charge in [0.1, 0.15) is 36.5 Å². The fourth-order valence-corrected chi connectivity index (χ4v) is 9.41. The first-order chi connectivity index (χ1) is 35.2. The van der Waals surface area contributed by atoms with E-state index in [0.717, 1.165) is 0 Å². The molecule has 11 atom stereocenters. The Kier molecular flexibility index (Phi) is 16.5. The Morgan fingerprint density at radius 2 is 0.889 bits per heavy atom. The van der Waals surface area contributed by atoms with Crippen LogP contribution in [0.2, 0.25) is 0 Å². The van der Waals surface area contributed by atoms with Gasteiger partial charge < -0.3 is 47.4 Å². The second-order valence-corrected chi connectivity index (χ2v) is 18.1. The SMILES string of the molecule is CCS[C@@H]1O[C@@H]2COC(c3ccccc3)O[C@H]2[C@H](O[C@@H]2O[C@H](COC(=O)c3ccccc3)[C@@H](OC(=O)c3ccccc3)[C@H](OC(=O)c3ccccc3)[C@H]2OC(=O)c2ccccc2)[C@H]1OC(=O)c1ccccc1. The fourth-order valence-electron chi connectivity index (χ4n) is 8.46. The zero-order valence-corrected chi connectivity index (χ0v) is 39.6. The van der Waals surface area contributed by atoms with Crippen LogP contribution in [0.1, 0.15) is 70.6 Å². The largest absolute Gasteiger partial charge is 0.459 e. The summed E-state index contributed by atoms with van der Waals surface area (Å²) in [5.41, 5.74) is 0.600. The average Bonchev–Trinajstić information content (AvgIpc) is 3.43. The summed E-state index contributed by atoms with van der Waals surface area (Å²) in [6.07, 6.45) is -13.7. The highest BCUT2D eigenvalue weighted by Crippen LogP contribution is 2.42. The Morgan fingerprint density at radius 1 is 0.472 bits per heavy atom. The molecule has 0 aliphatic carbocycles. The number of ether oxygens (including phenoxy) is 10. The predicted molar refractivity (Wildman–Crippen MR) is 260 cm³/mol. The topological polar surface area (TPSA) is 178 Å². The van der Waals surface area contributed by atoms with Crippen molar-refractivity contribution in [2.45, 2.75) is 73.8 Å². The highest BCUT2D eigenvalue weighted by Gasteiger charge is 2.58. The first-order valence-electron chi connectivity index (χ1n) is 23.4. The molecular formula is C56H50O15S. The van der Waals surface area contributed by atoms with Crippen molar-refractivity contribution >= 4 is 41.6 Å². The lowest BCUT2D eigenvalue weighted by Crippen LogP contribution is -2.67. The van der Waals surface area contributed by atoms with Crippen LogP contribution < -0.4 is 0 Å². The van der Waals surface area contributed by atoms with Crippen molar-refractivity contribution in [2.75, 3.05) is 19.0 Å². The van der Waals surface area contributed by atoms with Gasteiger partial charge in [0.25, 0.3) is 0 Å². The third-order valence-electron chi connectivity index (χ3n) is 12.0. The summed E-state index contributed by atoms with van der Waals surface area (Å²) in [5.74, 6) is -3.57. The minimum Gasteiger partial charge on any atom is -0.459 e. The number of carbonyl (C=O) groups is 5. The minimum atomic E-state index is -1.77. The van der Waals surface area contributed by atoms with Crippen LogP contribution >= 0.6 is 11.8 Å². The van der Waals surface area contributed by atoms with E-state index in [4.69, 9.17) is 47.4 Å². The van der Waals surface area contributed by atoms with Crippen LogP contribution in [0.5, 0.6) is 0 Å². The Hall–Kier alpha value is -7.18. The molecule has 0 radical (unpaired) electrons. The van der Waals surface area contributed by atoms with Crippen molar-refractivity contribution < 1.29 is 71.3 Å². The van der Waals surface area contributed by atoms with Gasteiger partial charge in [0.2, 0.25) is 0 Å². The first-order valence-corrected chi connectivity index (χ1v) is 24.4. The monoisotopic (exact) mass is 994 g/mol. The van der Waals surface area contributed by atoms with Crippen molar-refractivity contribution in [3.63, 3.8) is 0 Å². The minimum absolute atomic E-state index is 0.0229. The van der Waals surface area contributed by atoms with E-state index in [1.165, 1.54) is 48.2 Å². The molecule has 0 N–H and O–H groups in total. The molecule has 6 aromatic carbocycles. The summed E-state index contributed by atoms with van der Waals surface area (Å²) in [4.78, 5) is 70.7. The molecule has 0 spiro atoms. The number of esters is 5. The van der Waals surface area contributed by atoms with Gasteiger partial charge in [0.05, 0.1) is 34.4 Å². The molecule has 6 aromatic rings. The van der Waals surface area contributed by atoms with E-state index in [0.29, 0.717) is 11.3 Å². The summed E-state index contributed by atoms with van der Waals surface area (Å²) >= 11 is 1.35. The number of rotatable bonds is 16. The molecular weight excluding hydrogens is 945 g/mol. The van der Waals surface area contributed by atoms with Gasteiger partial charge in [-0.3, -0.25) is 0 Å². The van der Waals surface area contributed by atoms with Gasteiger partial charge in [-0.05, 0) is 66.4 Å². The van der Waals surface area contributed by atoms with E-state index in [1.807, 2.05) is 37.3 Å². The predicted octanol–water partition coefficient (Wildman–Crippen LogP) is 8.45. The Labute approximate surface area is 419 Å². The maximum atomic E-state index is 14.4. The lowest BCUT2D eigenvalue weighted by Gasteiger charge is -2.51. The molecule has 0 saturated carbocycles. The van der Waals surface area contributed by atoms with Crippen LogP contribution in [0.4, 0.5) is 0 Å². The van der Waals surface area contributed by atoms with Crippen molar-refractivity contribution in [3.8, 4) is 0 Å². The van der Waals surface area contributed by atoms with E-state index in [2.05, 4.69) is 0 Å². The Bertz CT molecular complexity index is 2740. The van der Waals surface area contributed by atoms with Crippen molar-refractivity contribution in [2.24, 2.45) is 0 Å². The molecule has 0 bridgehead atoms. The molecule has 0 amide bonds. The quantitative estimate of drug-likeness (QED) is 0.0666. The maximum absolute atomic E-state index is 14.4. The van der Waals surface area contributed by atoms with Crippen LogP contribution in [0.25, 0.3) is 0 Å². The van der Waals surface area contributed by atoms with Gasteiger partial charge in [0.15, 0.2) is 37.0 Å². The zero-order chi connectivity index (χ0) is 49.8. The van der Waals surface area contributed by atoms with Crippen molar-refractivity contribution in [1.29, 1.82) is 0 Å². The standard InChI is InChI=1S/C56H50O15S/c1-2-72-56-48(69-53(61)39-29-17-7-18-30-39)46(44-42(65-56)34-63-54(70-44)40-31-19-8-20-32-40)71-55-47(68-52(60)38-27-15-6-16-28-38)45(67-51(59)37-25-13-5-14-26-37)43(66-50(58)36-23-11-4-12-24-36)41(64-55)33-62-49(57)35-21-9-3-10-22-35/h3-32,41-48,54-56H,2,33-34H2,1H3/t41-,42-,43-,44-,45+,46+,47-,48-,54?,55+,56+/m1/s1. The number of thioether (sulfide) groups is 1. The van der Waals surface area contributed by atoms with Gasteiger partial charge >= 0.3 is 29.8 Å². The second-order valence-electron chi connectivity index (χ2n) is 16.7. The Balaban J connectivity index is 1.17. The molecule has 9 rings (SSSR count). The number of hydrogen-bond acceptors (Lipinski definition) is 16. The number of benzene rings is 6. The van der Waals surface area contributed by atoms with Crippen LogP contribution in [0.3, 0.4) is 0 Å². The van der Waals surface area contributed by atoms with Gasteiger partial charge in [-0.2, -0.15) is 0 Å². The highest BCUT2D eigenvalue weighted by molar-refractivity contribution is 7.99. The van der Waals surface area contributed by atoms with Gasteiger partial charge in [-0.25, -0.2) is 24.0 Å². The molecule has 0 aromatic heterocycles. The van der Waals surface area contributed by atoms with Crippen LogP contribution in [0, 0.1) is 0 Å². The van der Waals surface area contributed by atoms with E-state index in [-0.39, 0.29) is 34.4 Å². The highest BCUT2D eigenvalue weighted by atomic mass is 32.2. The lowest BCUT2D eigenvalue weighted by molar-refractivity contribution is -0.364. The summed E-state index contributed by atoms with van der Waals surface area (Å²) in [5, 5.41) is 0. The first kappa shape index (κ1) is 49.8. The maximum Gasteiger partial charge on any atom is 0.338 e. The molecule has 3 aliphatic rings. The Morgan fingerprint density at radius 3 is 1.36 bits per heavy atom. The number of carbonyl (C=O) groups excluding carboxylic acids is 5. The van der Waals surface area contributed by atoms with Crippen LogP contribution in [0.15, 0.2) is 182 Å². The molecule has 3 fully saturated rings. The molecule has 72 heavy (non-hydrogen) atoms. The summed E-state index contributed by atoms with van der Waals surface area (Å²) in [7, 11) is 0. The van der Waals surface area contributed by atoms with Gasteiger partial charge in [-0.15, -0.1) is 11.8 Å². The van der Waals surface area contributed by atoms with Gasteiger partial charge in [-0.1, -0.05) is 128 Å². The van der Waals surface area contributed by atoms with Crippen molar-refractivity contribution in [1.82, 2.24) is 0 Å². The van der Waals surface area contributed by atoms with E-state index < -0.39 is 103 Å². The van der Waals surface area contributed by atoms with Crippen LogP contribution in [-0.4, -0.2) is 109 Å². The molecule has 3 aliphatic heterocycles. The van der Waals surface area contributed by atoms with Gasteiger partial charge in [0, 0.05) is 5.56 Å². The summed E-state index contributed by atoms with van der Waals surface area (Å²) in [6.45, 7) is 1.34. The number of fused-ring (bicyclic) bond motifs is 1. The summed E-state index contributed by atoms with van der Waals surface area (Å²) in [6, 6.07) is 49.9. The molecule has 3 heterocycles. The van der Waals surface area contributed by atoms with Crippen molar-refractivity contribution in [3.05, 3.63) is 215 Å². The molecule has 3 saturated heterocycles. The van der Waals surface area contributed by atoms with E-state index in [1.54, 1.807) is 115 Å². The normalized spacial score (nSPS) is 25.7. The third-order valence-corrected chi connectivity index (χ3v) is 13.0. The third kappa shape index (κ3) is 11.9. The summed E-state index contributed by atoms with van der Waals surface area (Å²) < 4.78 is 64.7. The fraction of sp³-hybridized carbons (Fsp3) is 0.268. The molecule has 1 unspecified atom stereocenters. The molecule has 370 valence electrons. The zero-order valence-electron chi connectivity index (χ0n) is 38.8. The van der Waals surface area contributed by atoms with Crippen LogP contribution in [-0.2, 0) is 47.4 Å². The lowest BCUT2D eigenvalue weighted by atomic mass is 9.95. The van der Waals surface area contributed by atoms with E-state index >= 15 is 0 Å². The number of hydrogen-bond donors (Lipinski definition) is 0. The molecule has 15 nitrogen and oxygen atoms in total. The second kappa shape index (κ2) is 23.8. The molecule has 16 heteroatoms. The van der Waals surface area contributed by atoms with E-state index in [9.17, 15) is 24.0 Å². The average molecular weight is 995 g/mol. The smallest absolute Gasteiger partial charge is 0.338 e.